The van der Waals surface area contributed by atoms with Crippen molar-refractivity contribution in [1.29, 1.82) is 0 Å². The van der Waals surface area contributed by atoms with Crippen molar-refractivity contribution in [1.82, 2.24) is 24.6 Å². The number of aromatic nitrogens is 3. The number of benzene rings is 3. The lowest BCUT2D eigenvalue weighted by atomic mass is 9.69. The number of nitrogens with one attached hydrogen (secondary N) is 1. The highest BCUT2D eigenvalue weighted by molar-refractivity contribution is 7.89. The van der Waals surface area contributed by atoms with Gasteiger partial charge in [0.2, 0.25) is 15.9 Å². The summed E-state index contributed by atoms with van der Waals surface area (Å²) in [4.78, 5) is 13.8. The van der Waals surface area contributed by atoms with Gasteiger partial charge in [-0.25, -0.2) is 13.1 Å². The van der Waals surface area contributed by atoms with Gasteiger partial charge in [0.15, 0.2) is 0 Å². The van der Waals surface area contributed by atoms with Gasteiger partial charge in [-0.3, -0.25) is 4.79 Å². The van der Waals surface area contributed by atoms with Crippen molar-refractivity contribution in [3.05, 3.63) is 82.4 Å². The Balaban J connectivity index is 1.60. The summed E-state index contributed by atoms with van der Waals surface area (Å²) in [5.74, 6) is -0.848. The number of alkyl halides is 3. The third kappa shape index (κ3) is 6.93. The quantitative estimate of drug-likeness (QED) is 0.200. The van der Waals surface area contributed by atoms with E-state index in [4.69, 9.17) is 4.74 Å². The van der Waals surface area contributed by atoms with Crippen LogP contribution < -0.4 is 10.1 Å². The standard InChI is InChI=1S/C35H42F3N5O4S/c1-7-26-21-42(48(45,46)30-12-10-9-11-29(30)47-26)20-25-19-24(14-13-22(25)3)31(34(5,6)33(44)39-18-17-35(36,37)38)27-15-16-28-32(23(27)4)40-41-43(28)8-2/h9-16,19,26,31H,7-8,17-18,20-21H2,1-6H3,(H,39,44)/t26-,31?/m1/s1. The second-order valence-electron chi connectivity index (χ2n) is 12.9. The fourth-order valence-electron chi connectivity index (χ4n) is 6.43. The van der Waals surface area contributed by atoms with Gasteiger partial charge in [0.05, 0.1) is 23.9 Å². The molecule has 1 unspecified atom stereocenters. The zero-order chi connectivity index (χ0) is 35.0. The Kier molecular flexibility index (Phi) is 9.94. The average Bonchev–Trinajstić information content (AvgIpc) is 3.42. The van der Waals surface area contributed by atoms with Gasteiger partial charge in [-0.15, -0.1) is 5.10 Å². The first kappa shape index (κ1) is 35.3. The highest BCUT2D eigenvalue weighted by Gasteiger charge is 2.41. The molecule has 0 saturated heterocycles. The van der Waals surface area contributed by atoms with E-state index in [9.17, 15) is 26.4 Å². The molecular formula is C35H42F3N5O4S. The minimum absolute atomic E-state index is 0.0595. The van der Waals surface area contributed by atoms with Crippen LogP contribution in [-0.4, -0.2) is 59.0 Å². The van der Waals surface area contributed by atoms with Gasteiger partial charge in [0, 0.05) is 25.6 Å². The number of nitrogens with zero attached hydrogens (tertiary/aromatic N) is 4. The molecule has 0 saturated carbocycles. The van der Waals surface area contributed by atoms with E-state index >= 15 is 0 Å². The molecule has 1 aliphatic rings. The number of halogens is 3. The topological polar surface area (TPSA) is 106 Å². The minimum atomic E-state index is -4.41. The largest absolute Gasteiger partial charge is 0.488 e. The summed E-state index contributed by atoms with van der Waals surface area (Å²) < 4.78 is 76.2. The van der Waals surface area contributed by atoms with Gasteiger partial charge in [-0.05, 0) is 73.2 Å². The zero-order valence-electron chi connectivity index (χ0n) is 28.1. The lowest BCUT2D eigenvalue weighted by Crippen LogP contribution is -2.42. The number of carbonyl (C=O) groups excluding carboxylic acids is 1. The average molecular weight is 686 g/mol. The Morgan fingerprint density at radius 2 is 1.81 bits per heavy atom. The third-order valence-electron chi connectivity index (χ3n) is 9.27. The van der Waals surface area contributed by atoms with Crippen LogP contribution >= 0.6 is 0 Å². The highest BCUT2D eigenvalue weighted by Crippen LogP contribution is 2.44. The van der Waals surface area contributed by atoms with Gasteiger partial charge in [0.25, 0.3) is 0 Å². The van der Waals surface area contributed by atoms with Crippen LogP contribution in [0.5, 0.6) is 5.75 Å². The van der Waals surface area contributed by atoms with Crippen LogP contribution in [0, 0.1) is 19.3 Å². The number of aryl methyl sites for hydroxylation is 3. The van der Waals surface area contributed by atoms with E-state index in [1.54, 1.807) is 42.8 Å². The molecule has 13 heteroatoms. The van der Waals surface area contributed by atoms with Gasteiger partial charge >= 0.3 is 6.18 Å². The van der Waals surface area contributed by atoms with E-state index in [1.807, 2.05) is 58.0 Å². The number of rotatable bonds is 10. The first-order valence-corrected chi connectivity index (χ1v) is 17.6. The lowest BCUT2D eigenvalue weighted by molar-refractivity contribution is -0.138. The van der Waals surface area contributed by atoms with E-state index in [2.05, 4.69) is 15.6 Å². The molecule has 2 atom stereocenters. The molecule has 1 aliphatic heterocycles. The van der Waals surface area contributed by atoms with E-state index in [0.29, 0.717) is 29.8 Å². The molecule has 9 nitrogen and oxygen atoms in total. The van der Waals surface area contributed by atoms with Crippen molar-refractivity contribution in [3.8, 4) is 5.75 Å². The first-order chi connectivity index (χ1) is 22.6. The molecule has 0 aliphatic carbocycles. The molecule has 2 heterocycles. The molecule has 0 bridgehead atoms. The fourth-order valence-corrected chi connectivity index (χ4v) is 8.00. The Morgan fingerprint density at radius 3 is 2.50 bits per heavy atom. The van der Waals surface area contributed by atoms with Crippen LogP contribution in [0.15, 0.2) is 59.5 Å². The molecular weight excluding hydrogens is 643 g/mol. The smallest absolute Gasteiger partial charge is 0.390 e. The van der Waals surface area contributed by atoms with Crippen LogP contribution in [0.4, 0.5) is 13.2 Å². The Bertz CT molecular complexity index is 1920. The number of hydrogen-bond donors (Lipinski definition) is 1. The molecule has 5 rings (SSSR count). The third-order valence-corrected chi connectivity index (χ3v) is 11.1. The maximum Gasteiger partial charge on any atom is 0.390 e. The second-order valence-corrected chi connectivity index (χ2v) is 14.8. The van der Waals surface area contributed by atoms with Crippen molar-refractivity contribution < 1.29 is 31.1 Å². The van der Waals surface area contributed by atoms with Gasteiger partial charge < -0.3 is 10.1 Å². The van der Waals surface area contributed by atoms with Crippen LogP contribution in [0.25, 0.3) is 11.0 Å². The molecule has 48 heavy (non-hydrogen) atoms. The summed E-state index contributed by atoms with van der Waals surface area (Å²) in [5, 5.41) is 11.2. The summed E-state index contributed by atoms with van der Waals surface area (Å²) in [6.45, 7) is 11.4. The normalized spacial score (nSPS) is 17.4. The molecule has 0 fully saturated rings. The molecule has 4 aromatic rings. The zero-order valence-corrected chi connectivity index (χ0v) is 28.9. The summed E-state index contributed by atoms with van der Waals surface area (Å²) in [6.07, 6.45) is -5.31. The van der Waals surface area contributed by atoms with Crippen LogP contribution in [-0.2, 0) is 27.9 Å². The number of ether oxygens (including phenoxy) is 1. The Labute approximate surface area is 279 Å². The Hall–Kier alpha value is -3.97. The van der Waals surface area contributed by atoms with E-state index in [-0.39, 0.29) is 24.1 Å². The number of hydrogen-bond acceptors (Lipinski definition) is 6. The maximum absolute atomic E-state index is 14.0. The van der Waals surface area contributed by atoms with Crippen LogP contribution in [0.2, 0.25) is 0 Å². The molecule has 1 N–H and O–H groups in total. The van der Waals surface area contributed by atoms with Crippen molar-refractivity contribution in [2.24, 2.45) is 5.41 Å². The summed E-state index contributed by atoms with van der Waals surface area (Å²) in [7, 11) is -3.92. The molecule has 1 aromatic heterocycles. The molecule has 258 valence electrons. The summed E-state index contributed by atoms with van der Waals surface area (Å²) >= 11 is 0. The minimum Gasteiger partial charge on any atom is -0.488 e. The molecule has 0 spiro atoms. The Morgan fingerprint density at radius 1 is 1.08 bits per heavy atom. The van der Waals surface area contributed by atoms with E-state index in [1.165, 1.54) is 4.31 Å². The van der Waals surface area contributed by atoms with Crippen LogP contribution in [0.3, 0.4) is 0 Å². The van der Waals surface area contributed by atoms with Crippen LogP contribution in [0.1, 0.15) is 74.3 Å². The first-order valence-electron chi connectivity index (χ1n) is 16.1. The monoisotopic (exact) mass is 685 g/mol. The maximum atomic E-state index is 14.0. The number of para-hydroxylation sites is 1. The number of amides is 1. The van der Waals surface area contributed by atoms with Crippen molar-refractivity contribution >= 4 is 27.0 Å². The van der Waals surface area contributed by atoms with E-state index < -0.39 is 46.4 Å². The van der Waals surface area contributed by atoms with Gasteiger partial charge in [0.1, 0.15) is 22.3 Å². The number of fused-ring (bicyclic) bond motifs is 2. The van der Waals surface area contributed by atoms with Crippen molar-refractivity contribution in [2.45, 2.75) is 90.6 Å². The number of carbonyl (C=O) groups is 1. The van der Waals surface area contributed by atoms with Crippen molar-refractivity contribution in [2.75, 3.05) is 13.1 Å². The van der Waals surface area contributed by atoms with Gasteiger partial charge in [-0.2, -0.15) is 17.5 Å². The SMILES string of the molecule is CC[C@@H]1CN(Cc2cc(C(c3ccc4c(nnn4CC)c3C)C(C)(C)C(=O)NCCC(F)(F)F)ccc2C)S(=O)(=O)c2ccccc2O1. The predicted molar refractivity (Wildman–Crippen MR) is 177 cm³/mol. The second kappa shape index (κ2) is 13.5. The van der Waals surface area contributed by atoms with Crippen molar-refractivity contribution in [3.63, 3.8) is 0 Å². The summed E-state index contributed by atoms with van der Waals surface area (Å²) in [6, 6.07) is 16.1. The molecule has 1 amide bonds. The van der Waals surface area contributed by atoms with Gasteiger partial charge in [-0.1, -0.05) is 62.4 Å². The number of sulfonamides is 1. The molecule has 3 aromatic carbocycles. The highest BCUT2D eigenvalue weighted by atomic mass is 32.2. The fraction of sp³-hybridized carbons (Fsp3) is 0.457. The predicted octanol–water partition coefficient (Wildman–Crippen LogP) is 6.66. The lowest BCUT2D eigenvalue weighted by Gasteiger charge is -2.35. The molecule has 0 radical (unpaired) electrons. The van der Waals surface area contributed by atoms with E-state index in [0.717, 1.165) is 27.8 Å². The summed E-state index contributed by atoms with van der Waals surface area (Å²) in [5.41, 5.74) is 4.13.